The molecule has 2 aromatic rings. The van der Waals surface area contributed by atoms with E-state index in [0.29, 0.717) is 11.4 Å². The van der Waals surface area contributed by atoms with Crippen LogP contribution in [-0.4, -0.2) is 20.2 Å². The summed E-state index contributed by atoms with van der Waals surface area (Å²) in [7, 11) is 0. The zero-order chi connectivity index (χ0) is 15.2. The van der Waals surface area contributed by atoms with Gasteiger partial charge in [-0.2, -0.15) is 20.5 Å². The standard InChI is InChI=1S/C13H8N8/c1-9-2-3-13(21-8-17-19-20-21)11(4-9)18-12(7-16)10(5-14)6-15/h2-4,8,18H,1H3. The van der Waals surface area contributed by atoms with Crippen molar-refractivity contribution in [2.24, 2.45) is 0 Å². The molecular weight excluding hydrogens is 268 g/mol. The van der Waals surface area contributed by atoms with Crippen LogP contribution in [0.15, 0.2) is 35.8 Å². The predicted molar refractivity (Wildman–Crippen MR) is 71.4 cm³/mol. The van der Waals surface area contributed by atoms with Gasteiger partial charge in [-0.3, -0.25) is 0 Å². The smallest absolute Gasteiger partial charge is 0.163 e. The van der Waals surface area contributed by atoms with Crippen molar-refractivity contribution in [1.29, 1.82) is 15.8 Å². The Morgan fingerprint density at radius 1 is 1.19 bits per heavy atom. The molecule has 1 heterocycles. The molecule has 0 atom stereocenters. The minimum atomic E-state index is -0.290. The first-order chi connectivity index (χ1) is 10.2. The molecular formula is C13H8N8. The van der Waals surface area contributed by atoms with Gasteiger partial charge in [0.25, 0.3) is 0 Å². The summed E-state index contributed by atoms with van der Waals surface area (Å²) in [5.41, 5.74) is 1.62. The van der Waals surface area contributed by atoms with Crippen LogP contribution in [0.5, 0.6) is 0 Å². The van der Waals surface area contributed by atoms with Gasteiger partial charge in [0.2, 0.25) is 0 Å². The molecule has 0 saturated carbocycles. The van der Waals surface area contributed by atoms with Crippen molar-refractivity contribution in [1.82, 2.24) is 20.2 Å². The fourth-order valence-corrected chi connectivity index (χ4v) is 1.64. The molecule has 0 amide bonds. The van der Waals surface area contributed by atoms with Crippen LogP contribution in [0.2, 0.25) is 0 Å². The number of hydrogen-bond donors (Lipinski definition) is 1. The largest absolute Gasteiger partial charge is 0.343 e. The molecule has 2 rings (SSSR count). The fourth-order valence-electron chi connectivity index (χ4n) is 1.64. The Kier molecular flexibility index (Phi) is 3.90. The fraction of sp³-hybridized carbons (Fsp3) is 0.0769. The summed E-state index contributed by atoms with van der Waals surface area (Å²) in [6, 6.07) is 10.5. The molecule has 0 aliphatic heterocycles. The maximum Gasteiger partial charge on any atom is 0.163 e. The molecule has 0 aliphatic rings. The van der Waals surface area contributed by atoms with Crippen molar-refractivity contribution >= 4 is 5.69 Å². The Balaban J connectivity index is 2.53. The van der Waals surface area contributed by atoms with Crippen LogP contribution in [0.3, 0.4) is 0 Å². The zero-order valence-electron chi connectivity index (χ0n) is 10.9. The molecule has 0 radical (unpaired) electrons. The van der Waals surface area contributed by atoms with E-state index < -0.39 is 0 Å². The molecule has 1 aromatic carbocycles. The molecule has 0 fully saturated rings. The quantitative estimate of drug-likeness (QED) is 0.834. The summed E-state index contributed by atoms with van der Waals surface area (Å²) < 4.78 is 1.41. The Bertz CT molecular complexity index is 795. The van der Waals surface area contributed by atoms with E-state index in [9.17, 15) is 0 Å². The topological polar surface area (TPSA) is 127 Å². The predicted octanol–water partition coefficient (Wildman–Crippen LogP) is 1.21. The number of aromatic nitrogens is 4. The number of hydrogen-bond acceptors (Lipinski definition) is 7. The molecule has 0 aliphatic carbocycles. The summed E-state index contributed by atoms with van der Waals surface area (Å²) >= 11 is 0. The summed E-state index contributed by atoms with van der Waals surface area (Å²) in [6.07, 6.45) is 1.40. The highest BCUT2D eigenvalue weighted by atomic mass is 15.5. The van der Waals surface area contributed by atoms with Gasteiger partial charge in [0.15, 0.2) is 5.57 Å². The maximum atomic E-state index is 9.09. The SMILES string of the molecule is Cc1ccc(-n2cnnn2)c(NC(C#N)=C(C#N)C#N)c1. The van der Waals surface area contributed by atoms with Crippen molar-refractivity contribution in [3.05, 3.63) is 41.4 Å². The number of allylic oxidation sites excluding steroid dienone is 2. The van der Waals surface area contributed by atoms with E-state index in [0.717, 1.165) is 5.56 Å². The van der Waals surface area contributed by atoms with Crippen molar-refractivity contribution in [2.75, 3.05) is 5.32 Å². The molecule has 8 nitrogen and oxygen atoms in total. The van der Waals surface area contributed by atoms with Crippen LogP contribution in [-0.2, 0) is 0 Å². The van der Waals surface area contributed by atoms with Gasteiger partial charge >= 0.3 is 0 Å². The number of aryl methyl sites for hydroxylation is 1. The van der Waals surface area contributed by atoms with E-state index in [4.69, 9.17) is 15.8 Å². The lowest BCUT2D eigenvalue weighted by molar-refractivity contribution is 0.790. The lowest BCUT2D eigenvalue weighted by atomic mass is 10.1. The number of anilines is 1. The minimum Gasteiger partial charge on any atom is -0.343 e. The molecule has 0 spiro atoms. The van der Waals surface area contributed by atoms with Crippen molar-refractivity contribution in [3.63, 3.8) is 0 Å². The van der Waals surface area contributed by atoms with Crippen LogP contribution in [0.25, 0.3) is 5.69 Å². The highest BCUT2D eigenvalue weighted by Crippen LogP contribution is 2.23. The summed E-state index contributed by atoms with van der Waals surface area (Å²) in [6.45, 7) is 1.87. The van der Waals surface area contributed by atoms with Gasteiger partial charge in [-0.25, -0.2) is 0 Å². The number of rotatable bonds is 3. The first-order valence-electron chi connectivity index (χ1n) is 5.75. The lowest BCUT2D eigenvalue weighted by Gasteiger charge is -2.11. The van der Waals surface area contributed by atoms with Gasteiger partial charge in [0, 0.05) is 0 Å². The average Bonchev–Trinajstić information content (AvgIpc) is 3.01. The maximum absolute atomic E-state index is 9.09. The van der Waals surface area contributed by atoms with Crippen LogP contribution in [0.1, 0.15) is 5.56 Å². The normalized spacial score (nSPS) is 9.05. The lowest BCUT2D eigenvalue weighted by Crippen LogP contribution is -2.06. The summed E-state index contributed by atoms with van der Waals surface area (Å²) in [5.74, 6) is 0. The third-order valence-corrected chi connectivity index (χ3v) is 2.59. The van der Waals surface area contributed by atoms with Crippen molar-refractivity contribution < 1.29 is 0 Å². The van der Waals surface area contributed by atoms with Gasteiger partial charge in [0.05, 0.1) is 11.4 Å². The number of tetrazole rings is 1. The Labute approximate surface area is 120 Å². The highest BCUT2D eigenvalue weighted by molar-refractivity contribution is 5.67. The Morgan fingerprint density at radius 3 is 2.52 bits per heavy atom. The third-order valence-electron chi connectivity index (χ3n) is 2.59. The first-order valence-corrected chi connectivity index (χ1v) is 5.75. The molecule has 8 heteroatoms. The first kappa shape index (κ1) is 13.7. The van der Waals surface area contributed by atoms with E-state index in [1.165, 1.54) is 11.0 Å². The van der Waals surface area contributed by atoms with E-state index in [-0.39, 0.29) is 11.3 Å². The highest BCUT2D eigenvalue weighted by Gasteiger charge is 2.11. The average molecular weight is 276 g/mol. The van der Waals surface area contributed by atoms with Gasteiger partial charge in [-0.15, -0.1) is 5.10 Å². The third kappa shape index (κ3) is 2.83. The minimum absolute atomic E-state index is 0.125. The summed E-state index contributed by atoms with van der Waals surface area (Å²) in [5, 5.41) is 40.5. The van der Waals surface area contributed by atoms with E-state index in [2.05, 4.69) is 20.8 Å². The molecule has 0 saturated heterocycles. The number of benzene rings is 1. The molecule has 1 N–H and O–H groups in total. The number of nitrogens with one attached hydrogen (secondary N) is 1. The zero-order valence-corrected chi connectivity index (χ0v) is 10.9. The Morgan fingerprint density at radius 2 is 1.95 bits per heavy atom. The van der Waals surface area contributed by atoms with Gasteiger partial charge in [-0.05, 0) is 35.0 Å². The number of nitrogens with zero attached hydrogens (tertiary/aromatic N) is 7. The van der Waals surface area contributed by atoms with Crippen molar-refractivity contribution in [2.45, 2.75) is 6.92 Å². The van der Waals surface area contributed by atoms with Crippen LogP contribution < -0.4 is 5.32 Å². The molecule has 1 aromatic heterocycles. The van der Waals surface area contributed by atoms with Crippen LogP contribution in [0.4, 0.5) is 5.69 Å². The second-order valence-corrected chi connectivity index (χ2v) is 3.99. The molecule has 0 bridgehead atoms. The molecule has 0 unspecified atom stereocenters. The van der Waals surface area contributed by atoms with E-state index in [1.54, 1.807) is 24.3 Å². The van der Waals surface area contributed by atoms with E-state index in [1.807, 2.05) is 19.1 Å². The van der Waals surface area contributed by atoms with Gasteiger partial charge < -0.3 is 5.32 Å². The Hall–Kier alpha value is -3.70. The second kappa shape index (κ2) is 5.96. The second-order valence-electron chi connectivity index (χ2n) is 3.99. The monoisotopic (exact) mass is 276 g/mol. The van der Waals surface area contributed by atoms with Crippen molar-refractivity contribution in [3.8, 4) is 23.9 Å². The number of nitriles is 3. The van der Waals surface area contributed by atoms with Gasteiger partial charge in [0.1, 0.15) is 30.2 Å². The molecule has 21 heavy (non-hydrogen) atoms. The van der Waals surface area contributed by atoms with E-state index >= 15 is 0 Å². The van der Waals surface area contributed by atoms with Gasteiger partial charge in [-0.1, -0.05) is 6.07 Å². The van der Waals surface area contributed by atoms with Crippen LogP contribution in [0, 0.1) is 40.9 Å². The summed E-state index contributed by atoms with van der Waals surface area (Å²) in [4.78, 5) is 0. The molecule has 100 valence electrons. The van der Waals surface area contributed by atoms with Crippen LogP contribution >= 0.6 is 0 Å².